The number of carbonyl (C=O) groups excluding carboxylic acids is 1. The molecule has 1 aliphatic heterocycles. The number of carbonyl (C=O) groups is 1. The Morgan fingerprint density at radius 1 is 1.39 bits per heavy atom. The molecule has 0 radical (unpaired) electrons. The second-order valence-corrected chi connectivity index (χ2v) is 7.29. The average molecular weight is 329 g/mol. The Morgan fingerprint density at radius 2 is 2.17 bits per heavy atom. The number of nitrogens with one attached hydrogen (secondary N) is 1. The number of amides is 1. The number of aryl methyl sites for hydroxylation is 2. The summed E-state index contributed by atoms with van der Waals surface area (Å²) < 4.78 is 0. The molecule has 3 rings (SSSR count). The Morgan fingerprint density at radius 3 is 2.78 bits per heavy atom. The lowest BCUT2D eigenvalue weighted by molar-refractivity contribution is -0.119. The van der Waals surface area contributed by atoms with Crippen LogP contribution >= 0.6 is 11.3 Å². The van der Waals surface area contributed by atoms with Gasteiger partial charge < -0.3 is 11.1 Å². The lowest BCUT2D eigenvalue weighted by Gasteiger charge is -2.09. The molecule has 2 atom stereocenters. The van der Waals surface area contributed by atoms with Crippen molar-refractivity contribution in [3.8, 4) is 10.4 Å². The standard InChI is InChI=1S/C18H23N3OS/c1-2-17-21-11-16(23-17)14-7-5-12(6-8-14)3-4-13-9-15(18(19)22)20-10-13/h5-8,11,13,15,20H,2-4,9-10H2,1H3,(H2,19,22). The smallest absolute Gasteiger partial charge is 0.234 e. The van der Waals surface area contributed by atoms with E-state index in [0.717, 1.165) is 32.2 Å². The largest absolute Gasteiger partial charge is 0.368 e. The predicted molar refractivity (Wildman–Crippen MR) is 94.3 cm³/mol. The maximum Gasteiger partial charge on any atom is 0.234 e. The topological polar surface area (TPSA) is 68.0 Å². The van der Waals surface area contributed by atoms with E-state index in [1.54, 1.807) is 11.3 Å². The van der Waals surface area contributed by atoms with Crippen molar-refractivity contribution >= 4 is 17.2 Å². The summed E-state index contributed by atoms with van der Waals surface area (Å²) in [6.45, 7) is 3.03. The minimum Gasteiger partial charge on any atom is -0.368 e. The van der Waals surface area contributed by atoms with E-state index in [4.69, 9.17) is 5.73 Å². The Bertz CT molecular complexity index is 665. The van der Waals surface area contributed by atoms with Gasteiger partial charge in [0.1, 0.15) is 0 Å². The normalized spacial score (nSPS) is 20.7. The van der Waals surface area contributed by atoms with Gasteiger partial charge in [-0.1, -0.05) is 31.2 Å². The molecule has 3 N–H and O–H groups in total. The summed E-state index contributed by atoms with van der Waals surface area (Å²) in [5, 5.41) is 4.38. The number of hydrogen-bond donors (Lipinski definition) is 2. The lowest BCUT2D eigenvalue weighted by atomic mass is 9.96. The van der Waals surface area contributed by atoms with Crippen molar-refractivity contribution in [3.05, 3.63) is 41.0 Å². The molecule has 0 saturated carbocycles. The lowest BCUT2D eigenvalue weighted by Crippen LogP contribution is -2.36. The SMILES string of the molecule is CCc1ncc(-c2ccc(CCC3CNC(C(N)=O)C3)cc2)s1. The first-order valence-electron chi connectivity index (χ1n) is 8.22. The van der Waals surface area contributed by atoms with Crippen LogP contribution in [0.2, 0.25) is 0 Å². The highest BCUT2D eigenvalue weighted by molar-refractivity contribution is 7.15. The second kappa shape index (κ2) is 7.23. The number of benzene rings is 1. The molecule has 5 heteroatoms. The number of aromatic nitrogens is 1. The third-order valence-electron chi connectivity index (χ3n) is 4.50. The third-order valence-corrected chi connectivity index (χ3v) is 5.69. The molecule has 1 aromatic carbocycles. The summed E-state index contributed by atoms with van der Waals surface area (Å²) in [6.07, 6.45) is 5.96. The zero-order valence-corrected chi connectivity index (χ0v) is 14.2. The maximum absolute atomic E-state index is 11.2. The Kier molecular flexibility index (Phi) is 5.08. The van der Waals surface area contributed by atoms with E-state index < -0.39 is 0 Å². The Balaban J connectivity index is 1.55. The van der Waals surface area contributed by atoms with Gasteiger partial charge in [-0.2, -0.15) is 0 Å². The van der Waals surface area contributed by atoms with Gasteiger partial charge in [0.15, 0.2) is 0 Å². The van der Waals surface area contributed by atoms with Crippen molar-refractivity contribution < 1.29 is 4.79 Å². The zero-order valence-electron chi connectivity index (χ0n) is 13.4. The average Bonchev–Trinajstić information content (AvgIpc) is 3.23. The Hall–Kier alpha value is -1.72. The summed E-state index contributed by atoms with van der Waals surface area (Å²) in [5.74, 6) is 0.314. The Labute approximate surface area is 141 Å². The number of primary amides is 1. The molecule has 4 nitrogen and oxygen atoms in total. The van der Waals surface area contributed by atoms with Crippen LogP contribution < -0.4 is 11.1 Å². The number of nitrogens with two attached hydrogens (primary N) is 1. The molecule has 2 heterocycles. The molecule has 1 fully saturated rings. The van der Waals surface area contributed by atoms with Gasteiger partial charge in [-0.15, -0.1) is 11.3 Å². The van der Waals surface area contributed by atoms with Crippen LogP contribution in [0, 0.1) is 5.92 Å². The van der Waals surface area contributed by atoms with E-state index in [0.29, 0.717) is 5.92 Å². The van der Waals surface area contributed by atoms with Gasteiger partial charge in [0, 0.05) is 6.20 Å². The molecule has 1 aliphatic rings. The fourth-order valence-electron chi connectivity index (χ4n) is 3.06. The summed E-state index contributed by atoms with van der Waals surface area (Å²) >= 11 is 1.77. The molecular formula is C18H23N3OS. The van der Waals surface area contributed by atoms with Crippen LogP contribution in [0.1, 0.15) is 30.3 Å². The van der Waals surface area contributed by atoms with Crippen LogP contribution in [-0.2, 0) is 17.6 Å². The highest BCUT2D eigenvalue weighted by atomic mass is 32.1. The van der Waals surface area contributed by atoms with Gasteiger partial charge in [-0.05, 0) is 49.3 Å². The van der Waals surface area contributed by atoms with Crippen molar-refractivity contribution in [2.45, 2.75) is 38.6 Å². The van der Waals surface area contributed by atoms with Crippen molar-refractivity contribution in [2.24, 2.45) is 11.7 Å². The van der Waals surface area contributed by atoms with E-state index in [9.17, 15) is 4.79 Å². The van der Waals surface area contributed by atoms with Crippen molar-refractivity contribution in [1.29, 1.82) is 0 Å². The minimum absolute atomic E-state index is 0.138. The van der Waals surface area contributed by atoms with Crippen molar-refractivity contribution in [2.75, 3.05) is 6.54 Å². The van der Waals surface area contributed by atoms with Gasteiger partial charge in [0.25, 0.3) is 0 Å². The molecule has 122 valence electrons. The molecule has 1 aromatic heterocycles. The minimum atomic E-state index is -0.229. The van der Waals surface area contributed by atoms with Gasteiger partial charge >= 0.3 is 0 Å². The molecule has 2 unspecified atom stereocenters. The van der Waals surface area contributed by atoms with E-state index >= 15 is 0 Å². The van der Waals surface area contributed by atoms with Gasteiger partial charge in [-0.25, -0.2) is 4.98 Å². The van der Waals surface area contributed by atoms with Crippen LogP contribution in [-0.4, -0.2) is 23.5 Å². The molecule has 2 aromatic rings. The molecule has 23 heavy (non-hydrogen) atoms. The summed E-state index contributed by atoms with van der Waals surface area (Å²) in [7, 11) is 0. The first-order valence-corrected chi connectivity index (χ1v) is 9.04. The van der Waals surface area contributed by atoms with Crippen LogP contribution in [0.25, 0.3) is 10.4 Å². The maximum atomic E-state index is 11.2. The molecule has 1 saturated heterocycles. The van der Waals surface area contributed by atoms with Gasteiger partial charge in [-0.3, -0.25) is 4.79 Å². The first-order chi connectivity index (χ1) is 11.2. The van der Waals surface area contributed by atoms with E-state index in [1.165, 1.54) is 21.0 Å². The molecule has 0 spiro atoms. The van der Waals surface area contributed by atoms with E-state index in [1.807, 2.05) is 6.20 Å². The van der Waals surface area contributed by atoms with Crippen LogP contribution in [0.4, 0.5) is 0 Å². The first kappa shape index (κ1) is 16.1. The molecule has 1 amide bonds. The number of hydrogen-bond acceptors (Lipinski definition) is 4. The summed E-state index contributed by atoms with van der Waals surface area (Å²) in [5.41, 5.74) is 7.93. The van der Waals surface area contributed by atoms with Crippen LogP contribution in [0.15, 0.2) is 30.5 Å². The highest BCUT2D eigenvalue weighted by Gasteiger charge is 2.27. The quantitative estimate of drug-likeness (QED) is 0.856. The predicted octanol–water partition coefficient (Wildman–Crippen LogP) is 2.77. The monoisotopic (exact) mass is 329 g/mol. The fourth-order valence-corrected chi connectivity index (χ4v) is 3.92. The van der Waals surface area contributed by atoms with E-state index in [2.05, 4.69) is 41.5 Å². The fraction of sp³-hybridized carbons (Fsp3) is 0.444. The zero-order chi connectivity index (χ0) is 16.2. The molecule has 0 bridgehead atoms. The van der Waals surface area contributed by atoms with Crippen molar-refractivity contribution in [3.63, 3.8) is 0 Å². The van der Waals surface area contributed by atoms with E-state index in [-0.39, 0.29) is 11.9 Å². The second-order valence-electron chi connectivity index (χ2n) is 6.17. The van der Waals surface area contributed by atoms with Crippen LogP contribution in [0.3, 0.4) is 0 Å². The molecule has 0 aliphatic carbocycles. The number of nitrogens with zero attached hydrogens (tertiary/aromatic N) is 1. The number of rotatable bonds is 6. The van der Waals surface area contributed by atoms with Gasteiger partial charge in [0.2, 0.25) is 5.91 Å². The third kappa shape index (κ3) is 3.98. The van der Waals surface area contributed by atoms with Crippen molar-refractivity contribution in [1.82, 2.24) is 10.3 Å². The number of thiazole rings is 1. The highest BCUT2D eigenvalue weighted by Crippen LogP contribution is 2.27. The molecular weight excluding hydrogens is 306 g/mol. The van der Waals surface area contributed by atoms with Gasteiger partial charge in [0.05, 0.1) is 15.9 Å². The summed E-state index contributed by atoms with van der Waals surface area (Å²) in [4.78, 5) is 16.8. The van der Waals surface area contributed by atoms with Crippen LogP contribution in [0.5, 0.6) is 0 Å². The summed E-state index contributed by atoms with van der Waals surface area (Å²) in [6, 6.07) is 8.63.